The summed E-state index contributed by atoms with van der Waals surface area (Å²) in [5.41, 5.74) is 4.71. The van der Waals surface area contributed by atoms with Gasteiger partial charge in [-0.25, -0.2) is 4.39 Å². The lowest BCUT2D eigenvalue weighted by atomic mass is 9.90. The van der Waals surface area contributed by atoms with Gasteiger partial charge in [0.05, 0.1) is 35.9 Å². The van der Waals surface area contributed by atoms with Crippen LogP contribution in [0.3, 0.4) is 0 Å². The van der Waals surface area contributed by atoms with Crippen molar-refractivity contribution in [1.82, 2.24) is 15.3 Å². The molecule has 0 saturated carbocycles. The molecule has 0 saturated heterocycles. The molecule has 0 fully saturated rings. The molecule has 2 atom stereocenters. The second-order valence-corrected chi connectivity index (χ2v) is 8.69. The fourth-order valence-electron chi connectivity index (χ4n) is 4.75. The SMILES string of the molecule is COc1c(F)cccc1Nc1c2[nH]c3c1C(=O)NC[C@H]3C/C(C)=C/[C@@H](OC)COc1cnccc1-2. The van der Waals surface area contributed by atoms with Crippen molar-refractivity contribution in [3.8, 4) is 22.8 Å². The molecule has 2 aromatic heterocycles. The molecule has 1 aromatic carbocycles. The van der Waals surface area contributed by atoms with Crippen molar-refractivity contribution in [3.63, 3.8) is 0 Å². The Hall–Kier alpha value is -3.85. The van der Waals surface area contributed by atoms with E-state index in [2.05, 4.69) is 20.6 Å². The summed E-state index contributed by atoms with van der Waals surface area (Å²) in [6.07, 6.45) is 5.83. The molecule has 3 aromatic rings. The Kier molecular flexibility index (Phi) is 6.17. The number of H-pyrrole nitrogens is 1. The van der Waals surface area contributed by atoms with Gasteiger partial charge in [0.1, 0.15) is 18.5 Å². The molecule has 8 nitrogen and oxygen atoms in total. The van der Waals surface area contributed by atoms with Gasteiger partial charge in [0.2, 0.25) is 0 Å². The first-order valence-electron chi connectivity index (χ1n) is 11.4. The first-order valence-corrected chi connectivity index (χ1v) is 11.4. The molecule has 1 amide bonds. The van der Waals surface area contributed by atoms with Gasteiger partial charge < -0.3 is 29.8 Å². The number of nitrogens with one attached hydrogen (secondary N) is 3. The van der Waals surface area contributed by atoms with E-state index >= 15 is 0 Å². The van der Waals surface area contributed by atoms with Gasteiger partial charge in [0, 0.05) is 37.0 Å². The number of benzene rings is 1. The van der Waals surface area contributed by atoms with Gasteiger partial charge in [-0.3, -0.25) is 9.78 Å². The Balaban J connectivity index is 1.73. The van der Waals surface area contributed by atoms with Crippen LogP contribution in [0.1, 0.15) is 35.3 Å². The first kappa shape index (κ1) is 22.9. The number of nitrogens with zero attached hydrogens (tertiary/aromatic N) is 1. The van der Waals surface area contributed by atoms with Crippen LogP contribution in [0.4, 0.5) is 15.8 Å². The summed E-state index contributed by atoms with van der Waals surface area (Å²) in [5.74, 6) is -0.0980. The van der Waals surface area contributed by atoms with Crippen LogP contribution >= 0.6 is 0 Å². The van der Waals surface area contributed by atoms with Crippen molar-refractivity contribution < 1.29 is 23.4 Å². The van der Waals surface area contributed by atoms with E-state index in [0.29, 0.717) is 41.5 Å². The Bertz CT molecular complexity index is 1300. The molecule has 5 rings (SSSR count). The lowest BCUT2D eigenvalue weighted by Crippen LogP contribution is -2.35. The van der Waals surface area contributed by atoms with E-state index < -0.39 is 5.82 Å². The second-order valence-electron chi connectivity index (χ2n) is 8.69. The van der Waals surface area contributed by atoms with Gasteiger partial charge in [-0.2, -0.15) is 0 Å². The summed E-state index contributed by atoms with van der Waals surface area (Å²) in [4.78, 5) is 20.9. The summed E-state index contributed by atoms with van der Waals surface area (Å²) in [6, 6.07) is 6.44. The zero-order valence-corrected chi connectivity index (χ0v) is 19.8. The minimum Gasteiger partial charge on any atom is -0.492 e. The van der Waals surface area contributed by atoms with Crippen molar-refractivity contribution >= 4 is 17.3 Å². The Labute approximate surface area is 202 Å². The van der Waals surface area contributed by atoms with Gasteiger partial charge in [-0.15, -0.1) is 0 Å². The molecular weight excluding hydrogens is 451 g/mol. The van der Waals surface area contributed by atoms with Gasteiger partial charge in [-0.1, -0.05) is 17.7 Å². The molecule has 9 heteroatoms. The van der Waals surface area contributed by atoms with Gasteiger partial charge in [-0.05, 0) is 31.5 Å². The number of pyridine rings is 1. The van der Waals surface area contributed by atoms with Gasteiger partial charge >= 0.3 is 0 Å². The number of hydrogen-bond acceptors (Lipinski definition) is 6. The summed E-state index contributed by atoms with van der Waals surface area (Å²) >= 11 is 0. The Morgan fingerprint density at radius 1 is 1.26 bits per heavy atom. The number of aromatic amines is 1. The van der Waals surface area contributed by atoms with E-state index in [1.54, 1.807) is 31.6 Å². The average Bonchev–Trinajstić information content (AvgIpc) is 3.23. The molecule has 0 spiro atoms. The summed E-state index contributed by atoms with van der Waals surface area (Å²) < 4.78 is 31.5. The van der Waals surface area contributed by atoms with E-state index in [-0.39, 0.29) is 23.7 Å². The van der Waals surface area contributed by atoms with Crippen LogP contribution in [0, 0.1) is 5.82 Å². The smallest absolute Gasteiger partial charge is 0.255 e. The fraction of sp³-hybridized carbons (Fsp3) is 0.308. The van der Waals surface area contributed by atoms with Crippen molar-refractivity contribution in [2.75, 3.05) is 32.7 Å². The van der Waals surface area contributed by atoms with E-state index in [4.69, 9.17) is 14.2 Å². The minimum atomic E-state index is -0.504. The number of para-hydroxylation sites is 1. The van der Waals surface area contributed by atoms with Crippen molar-refractivity contribution in [1.29, 1.82) is 0 Å². The number of amides is 1. The summed E-state index contributed by atoms with van der Waals surface area (Å²) in [7, 11) is 3.06. The number of carbonyl (C=O) groups excluding carboxylic acids is 1. The topological polar surface area (TPSA) is 97.5 Å². The third-order valence-corrected chi connectivity index (χ3v) is 6.40. The van der Waals surface area contributed by atoms with Crippen molar-refractivity contribution in [2.24, 2.45) is 0 Å². The number of halogens is 1. The normalized spacial score (nSPS) is 20.8. The third-order valence-electron chi connectivity index (χ3n) is 6.40. The highest BCUT2D eigenvalue weighted by molar-refractivity contribution is 6.07. The average molecular weight is 479 g/mol. The van der Waals surface area contributed by atoms with Crippen LogP contribution in [-0.4, -0.2) is 49.4 Å². The Morgan fingerprint density at radius 3 is 2.91 bits per heavy atom. The monoisotopic (exact) mass is 478 g/mol. The maximum absolute atomic E-state index is 14.5. The number of carbonyl (C=O) groups is 1. The zero-order valence-electron chi connectivity index (χ0n) is 19.8. The third kappa shape index (κ3) is 4.23. The molecule has 2 aliphatic rings. The van der Waals surface area contributed by atoms with E-state index in [9.17, 15) is 9.18 Å². The van der Waals surface area contributed by atoms with Crippen LogP contribution in [0.5, 0.6) is 11.5 Å². The van der Waals surface area contributed by atoms with E-state index in [0.717, 1.165) is 23.3 Å². The lowest BCUT2D eigenvalue weighted by Gasteiger charge is -2.24. The lowest BCUT2D eigenvalue weighted by molar-refractivity contribution is 0.0908. The molecule has 0 unspecified atom stereocenters. The maximum Gasteiger partial charge on any atom is 0.255 e. The quantitative estimate of drug-likeness (QED) is 0.477. The second kappa shape index (κ2) is 9.42. The van der Waals surface area contributed by atoms with Crippen molar-refractivity contribution in [2.45, 2.75) is 25.4 Å². The number of ether oxygens (including phenoxy) is 3. The van der Waals surface area contributed by atoms with Crippen LogP contribution in [0.15, 0.2) is 48.3 Å². The van der Waals surface area contributed by atoms with Crippen LogP contribution < -0.4 is 20.1 Å². The Morgan fingerprint density at radius 2 is 2.11 bits per heavy atom. The minimum absolute atomic E-state index is 0.0193. The highest BCUT2D eigenvalue weighted by Gasteiger charge is 2.34. The van der Waals surface area contributed by atoms with Crippen molar-refractivity contribution in [3.05, 3.63) is 65.4 Å². The summed E-state index contributed by atoms with van der Waals surface area (Å²) in [6.45, 7) is 2.84. The number of methoxy groups -OCH3 is 2. The molecule has 0 aliphatic carbocycles. The number of aromatic nitrogens is 2. The van der Waals surface area contributed by atoms with E-state index in [1.807, 2.05) is 19.1 Å². The maximum atomic E-state index is 14.5. The highest BCUT2D eigenvalue weighted by atomic mass is 19.1. The fourth-order valence-corrected chi connectivity index (χ4v) is 4.75. The van der Waals surface area contributed by atoms with E-state index in [1.165, 1.54) is 13.2 Å². The molecular formula is C26H27FN4O4. The number of allylic oxidation sites excluding steroid dienone is 1. The number of fused-ring (bicyclic) bond motifs is 3. The molecule has 4 heterocycles. The molecule has 0 radical (unpaired) electrons. The van der Waals surface area contributed by atoms with Gasteiger partial charge in [0.25, 0.3) is 5.91 Å². The molecule has 35 heavy (non-hydrogen) atoms. The van der Waals surface area contributed by atoms with Crippen LogP contribution in [-0.2, 0) is 4.74 Å². The van der Waals surface area contributed by atoms with Gasteiger partial charge in [0.15, 0.2) is 11.6 Å². The largest absolute Gasteiger partial charge is 0.492 e. The number of rotatable bonds is 4. The predicted molar refractivity (Wildman–Crippen MR) is 130 cm³/mol. The number of hydrogen-bond donors (Lipinski definition) is 3. The number of anilines is 2. The first-order chi connectivity index (χ1) is 17.0. The van der Waals surface area contributed by atoms with Crippen LogP contribution in [0.2, 0.25) is 0 Å². The standard InChI is InChI=1S/C26H27FN4O4/c1-14-9-15-11-29-26(32)21-22(15)31-23(24(21)30-19-6-4-5-18(27)25(19)34-3)17-7-8-28-12-20(17)35-13-16(10-14)33-2/h4-8,10,12,15-16,30-31H,9,11,13H2,1-3H3,(H,29,32)/b14-10+/t15-,16-/m1/s1. The molecule has 2 aliphatic heterocycles. The molecule has 3 N–H and O–H groups in total. The molecule has 2 bridgehead atoms. The summed E-state index contributed by atoms with van der Waals surface area (Å²) in [5, 5.41) is 6.29. The predicted octanol–water partition coefficient (Wildman–Crippen LogP) is 4.54. The zero-order chi connectivity index (χ0) is 24.5. The van der Waals surface area contributed by atoms with Crippen LogP contribution in [0.25, 0.3) is 11.3 Å². The highest BCUT2D eigenvalue weighted by Crippen LogP contribution is 2.44. The molecule has 182 valence electrons.